The van der Waals surface area contributed by atoms with E-state index in [-0.39, 0.29) is 5.78 Å². The minimum atomic E-state index is -0.134. The van der Waals surface area contributed by atoms with Gasteiger partial charge in [-0.1, -0.05) is 0 Å². The highest BCUT2D eigenvalue weighted by Gasteiger charge is 2.19. The van der Waals surface area contributed by atoms with E-state index < -0.39 is 0 Å². The first-order chi connectivity index (χ1) is 13.9. The zero-order valence-corrected chi connectivity index (χ0v) is 18.5. The molecular formula is C22H24BrNO5. The number of hydrogen-bond acceptors (Lipinski definition) is 6. The molecule has 0 bridgehead atoms. The zero-order chi connectivity index (χ0) is 21.0. The van der Waals surface area contributed by atoms with Crippen LogP contribution in [0.2, 0.25) is 0 Å². The van der Waals surface area contributed by atoms with Gasteiger partial charge in [-0.05, 0) is 64.8 Å². The van der Waals surface area contributed by atoms with Crippen molar-refractivity contribution in [3.8, 4) is 23.0 Å². The number of methoxy groups -OCH3 is 1. The Bertz CT molecular complexity index is 922. The Morgan fingerprint density at radius 1 is 1.17 bits per heavy atom. The van der Waals surface area contributed by atoms with Crippen molar-refractivity contribution in [2.24, 2.45) is 0 Å². The van der Waals surface area contributed by atoms with Crippen molar-refractivity contribution in [2.75, 3.05) is 45.9 Å². The van der Waals surface area contributed by atoms with E-state index in [0.29, 0.717) is 47.1 Å². The van der Waals surface area contributed by atoms with E-state index in [2.05, 4.69) is 15.9 Å². The molecule has 3 rings (SSSR count). The van der Waals surface area contributed by atoms with Gasteiger partial charge < -0.3 is 23.8 Å². The molecule has 7 heteroatoms. The Balaban J connectivity index is 1.92. The number of ketones is 1. The molecule has 0 saturated carbocycles. The van der Waals surface area contributed by atoms with Crippen LogP contribution < -0.4 is 23.8 Å². The highest BCUT2D eigenvalue weighted by molar-refractivity contribution is 9.12. The van der Waals surface area contributed by atoms with E-state index in [4.69, 9.17) is 18.9 Å². The first-order valence-electron chi connectivity index (χ1n) is 9.28. The molecule has 0 saturated heterocycles. The summed E-state index contributed by atoms with van der Waals surface area (Å²) >= 11 is 3.42. The number of fused-ring (bicyclic) bond motifs is 1. The number of halogens is 1. The van der Waals surface area contributed by atoms with Crippen LogP contribution in [0.1, 0.15) is 22.8 Å². The Labute approximate surface area is 179 Å². The van der Waals surface area contributed by atoms with Crippen molar-refractivity contribution in [3.05, 3.63) is 45.9 Å². The molecule has 0 radical (unpaired) electrons. The number of ether oxygens (including phenoxy) is 4. The predicted octanol–water partition coefficient (Wildman–Crippen LogP) is 4.55. The van der Waals surface area contributed by atoms with Crippen LogP contribution in [0.5, 0.6) is 23.0 Å². The number of rotatable bonds is 7. The quantitative estimate of drug-likeness (QED) is 0.445. The average molecular weight is 462 g/mol. The van der Waals surface area contributed by atoms with Crippen LogP contribution >= 0.6 is 15.9 Å². The monoisotopic (exact) mass is 461 g/mol. The number of allylic oxidation sites excluding steroid dienone is 1. The first-order valence-corrected chi connectivity index (χ1v) is 10.1. The molecule has 0 aliphatic carbocycles. The van der Waals surface area contributed by atoms with Gasteiger partial charge in [-0.2, -0.15) is 0 Å². The average Bonchev–Trinajstić information content (AvgIpc) is 2.72. The van der Waals surface area contributed by atoms with Crippen LogP contribution in [-0.2, 0) is 0 Å². The van der Waals surface area contributed by atoms with E-state index in [1.807, 2.05) is 50.2 Å². The van der Waals surface area contributed by atoms with Crippen LogP contribution in [0.25, 0.3) is 6.08 Å². The van der Waals surface area contributed by atoms with Gasteiger partial charge in [0.25, 0.3) is 0 Å². The molecule has 1 aliphatic heterocycles. The number of Topliss-reactive ketones (excluding diaryl/α,β-unsaturated/α-hetero) is 1. The lowest BCUT2D eigenvalue weighted by Gasteiger charge is -2.21. The van der Waals surface area contributed by atoms with Crippen LogP contribution in [0.15, 0.2) is 34.8 Å². The SMILES string of the molecule is CCOc1ccc(C(=O)C(Br)=Cc2cc(OC)c3c(c2)OCCO3)cc1N(C)C. The molecule has 0 amide bonds. The Kier molecular flexibility index (Phi) is 6.69. The molecule has 2 aromatic rings. The summed E-state index contributed by atoms with van der Waals surface area (Å²) in [6.45, 7) is 3.44. The van der Waals surface area contributed by atoms with Gasteiger partial charge >= 0.3 is 0 Å². The van der Waals surface area contributed by atoms with Crippen molar-refractivity contribution in [1.82, 2.24) is 0 Å². The van der Waals surface area contributed by atoms with Gasteiger partial charge in [0.15, 0.2) is 17.3 Å². The minimum absolute atomic E-state index is 0.134. The third-order valence-electron chi connectivity index (χ3n) is 4.36. The molecule has 29 heavy (non-hydrogen) atoms. The molecule has 0 fully saturated rings. The normalized spacial score (nSPS) is 13.1. The molecule has 0 atom stereocenters. The number of carbonyl (C=O) groups is 1. The molecule has 0 spiro atoms. The summed E-state index contributed by atoms with van der Waals surface area (Å²) in [7, 11) is 5.40. The molecule has 2 aromatic carbocycles. The van der Waals surface area contributed by atoms with Crippen molar-refractivity contribution in [3.63, 3.8) is 0 Å². The van der Waals surface area contributed by atoms with Gasteiger partial charge in [-0.15, -0.1) is 0 Å². The van der Waals surface area contributed by atoms with E-state index >= 15 is 0 Å². The molecule has 154 valence electrons. The summed E-state index contributed by atoms with van der Waals surface area (Å²) < 4.78 is 22.8. The molecule has 1 heterocycles. The van der Waals surface area contributed by atoms with E-state index in [1.54, 1.807) is 19.3 Å². The summed E-state index contributed by atoms with van der Waals surface area (Å²) in [6.07, 6.45) is 1.74. The second kappa shape index (κ2) is 9.22. The topological polar surface area (TPSA) is 57.2 Å². The highest BCUT2D eigenvalue weighted by atomic mass is 79.9. The molecule has 0 N–H and O–H groups in total. The lowest BCUT2D eigenvalue weighted by atomic mass is 10.1. The molecular weight excluding hydrogens is 438 g/mol. The Morgan fingerprint density at radius 3 is 2.62 bits per heavy atom. The molecule has 0 aromatic heterocycles. The predicted molar refractivity (Wildman–Crippen MR) is 117 cm³/mol. The summed E-state index contributed by atoms with van der Waals surface area (Å²) in [4.78, 5) is 14.9. The molecule has 6 nitrogen and oxygen atoms in total. The molecule has 1 aliphatic rings. The van der Waals surface area contributed by atoms with E-state index in [1.165, 1.54) is 0 Å². The third kappa shape index (κ3) is 4.67. The fraction of sp³-hybridized carbons (Fsp3) is 0.318. The van der Waals surface area contributed by atoms with Gasteiger partial charge in [0.2, 0.25) is 5.75 Å². The fourth-order valence-corrected chi connectivity index (χ4v) is 3.51. The summed E-state index contributed by atoms with van der Waals surface area (Å²) in [5.74, 6) is 2.36. The minimum Gasteiger partial charge on any atom is -0.493 e. The second-order valence-corrected chi connectivity index (χ2v) is 7.43. The maximum atomic E-state index is 13.0. The maximum Gasteiger partial charge on any atom is 0.203 e. The summed E-state index contributed by atoms with van der Waals surface area (Å²) in [6, 6.07) is 9.05. The van der Waals surface area contributed by atoms with Crippen LogP contribution in [-0.4, -0.2) is 46.8 Å². The number of hydrogen-bond donors (Lipinski definition) is 0. The second-order valence-electron chi connectivity index (χ2n) is 6.58. The number of nitrogens with zero attached hydrogens (tertiary/aromatic N) is 1. The number of anilines is 1. The fourth-order valence-electron chi connectivity index (χ4n) is 3.01. The smallest absolute Gasteiger partial charge is 0.203 e. The van der Waals surface area contributed by atoms with Gasteiger partial charge in [0.05, 0.1) is 23.9 Å². The lowest BCUT2D eigenvalue weighted by Crippen LogP contribution is -2.16. The van der Waals surface area contributed by atoms with Crippen LogP contribution in [0, 0.1) is 0 Å². The van der Waals surface area contributed by atoms with Gasteiger partial charge in [-0.3, -0.25) is 4.79 Å². The van der Waals surface area contributed by atoms with Crippen molar-refractivity contribution >= 4 is 33.5 Å². The van der Waals surface area contributed by atoms with Crippen molar-refractivity contribution < 1.29 is 23.7 Å². The number of benzene rings is 2. The highest BCUT2D eigenvalue weighted by Crippen LogP contribution is 2.41. The first kappa shape index (κ1) is 21.0. The van der Waals surface area contributed by atoms with Crippen molar-refractivity contribution in [1.29, 1.82) is 0 Å². The number of carbonyl (C=O) groups excluding carboxylic acids is 1. The van der Waals surface area contributed by atoms with Gasteiger partial charge in [0, 0.05) is 19.7 Å². The summed E-state index contributed by atoms with van der Waals surface area (Å²) in [5.41, 5.74) is 2.17. The zero-order valence-electron chi connectivity index (χ0n) is 17.0. The van der Waals surface area contributed by atoms with E-state index in [0.717, 1.165) is 17.0 Å². The Morgan fingerprint density at radius 2 is 1.93 bits per heavy atom. The third-order valence-corrected chi connectivity index (χ3v) is 4.95. The largest absolute Gasteiger partial charge is 0.493 e. The van der Waals surface area contributed by atoms with Crippen molar-refractivity contribution in [2.45, 2.75) is 6.92 Å². The summed E-state index contributed by atoms with van der Waals surface area (Å²) in [5, 5.41) is 0. The standard InChI is InChI=1S/C22H24BrNO5/c1-5-27-18-7-6-15(13-17(18)24(2)3)21(25)16(23)10-14-11-19(26-4)22-20(12-14)28-8-9-29-22/h6-7,10-13H,5,8-9H2,1-4H3. The van der Waals surface area contributed by atoms with Gasteiger partial charge in [-0.25, -0.2) is 0 Å². The maximum absolute atomic E-state index is 13.0. The van der Waals surface area contributed by atoms with Gasteiger partial charge in [0.1, 0.15) is 19.0 Å². The van der Waals surface area contributed by atoms with Crippen LogP contribution in [0.4, 0.5) is 5.69 Å². The van der Waals surface area contributed by atoms with Crippen LogP contribution in [0.3, 0.4) is 0 Å². The van der Waals surface area contributed by atoms with E-state index in [9.17, 15) is 4.79 Å². The lowest BCUT2D eigenvalue weighted by molar-refractivity contribution is 0.104. The Hall–Kier alpha value is -2.67. The molecule has 0 unspecified atom stereocenters.